The molecule has 2 aliphatic carbocycles. The van der Waals surface area contributed by atoms with Crippen LogP contribution in [0.2, 0.25) is 0 Å². The van der Waals surface area contributed by atoms with Crippen LogP contribution in [0.15, 0.2) is 156 Å². The molecule has 0 saturated carbocycles. The third-order valence-electron chi connectivity index (χ3n) is 11.5. The zero-order valence-electron chi connectivity index (χ0n) is 28.8. The van der Waals surface area contributed by atoms with Gasteiger partial charge >= 0.3 is 0 Å². The van der Waals surface area contributed by atoms with Crippen LogP contribution in [0.3, 0.4) is 0 Å². The first-order valence-electron chi connectivity index (χ1n) is 17.6. The molecule has 0 radical (unpaired) electrons. The Hall–Kier alpha value is -5.86. The zero-order valence-corrected chi connectivity index (χ0v) is 28.8. The summed E-state index contributed by atoms with van der Waals surface area (Å²) in [5.74, 6) is 0. The number of benzene rings is 7. The van der Waals surface area contributed by atoms with Crippen molar-refractivity contribution in [2.24, 2.45) is 0 Å². The quantitative estimate of drug-likeness (QED) is 0.190. The molecule has 0 fully saturated rings. The van der Waals surface area contributed by atoms with E-state index in [9.17, 15) is 0 Å². The molecule has 0 atom stereocenters. The van der Waals surface area contributed by atoms with Gasteiger partial charge in [0.2, 0.25) is 0 Å². The number of rotatable bonds is 4. The van der Waals surface area contributed by atoms with E-state index in [0.717, 1.165) is 50.1 Å². The number of nitrogens with zero attached hydrogens (tertiary/aromatic N) is 1. The predicted molar refractivity (Wildman–Crippen MR) is 209 cm³/mol. The molecule has 50 heavy (non-hydrogen) atoms. The van der Waals surface area contributed by atoms with Gasteiger partial charge in [-0.2, -0.15) is 0 Å². The summed E-state index contributed by atoms with van der Waals surface area (Å²) in [6.07, 6.45) is 0. The van der Waals surface area contributed by atoms with Crippen molar-refractivity contribution >= 4 is 39.0 Å². The lowest BCUT2D eigenvalue weighted by Gasteiger charge is -2.30. The Labute approximate surface area is 293 Å². The van der Waals surface area contributed by atoms with Gasteiger partial charge in [0.1, 0.15) is 11.2 Å². The van der Waals surface area contributed by atoms with Crippen LogP contribution in [-0.4, -0.2) is 0 Å². The third-order valence-corrected chi connectivity index (χ3v) is 11.5. The number of furan rings is 1. The summed E-state index contributed by atoms with van der Waals surface area (Å²) >= 11 is 0. The molecule has 0 amide bonds. The summed E-state index contributed by atoms with van der Waals surface area (Å²) in [6.45, 7) is 9.38. The smallest absolute Gasteiger partial charge is 0.143 e. The monoisotopic (exact) mass is 643 g/mol. The molecule has 0 bridgehead atoms. The van der Waals surface area contributed by atoms with Gasteiger partial charge in [0.05, 0.1) is 5.69 Å². The summed E-state index contributed by atoms with van der Waals surface area (Å²) in [7, 11) is 0. The largest absolute Gasteiger partial charge is 0.455 e. The van der Waals surface area contributed by atoms with Crippen molar-refractivity contribution in [3.8, 4) is 33.4 Å². The van der Waals surface area contributed by atoms with Gasteiger partial charge in [-0.1, -0.05) is 143 Å². The van der Waals surface area contributed by atoms with Crippen molar-refractivity contribution in [2.45, 2.75) is 38.5 Å². The molecule has 2 heteroatoms. The highest BCUT2D eigenvalue weighted by atomic mass is 16.3. The minimum Gasteiger partial charge on any atom is -0.455 e. The van der Waals surface area contributed by atoms with Gasteiger partial charge in [-0.15, -0.1) is 0 Å². The standard InChI is InChI=1S/C48H37NO/c1-47(2)40-20-9-5-14-32(40)38-28-30(24-26-42(38)47)49(31-25-27-43-39(29-31)33-15-6-10-21-41(33)48(43,3)4)44-22-11-7-16-34(44)36-18-13-19-37-35-17-8-12-23-45(35)50-46(36)37/h5-29H,1-4H3. The molecule has 8 aromatic rings. The van der Waals surface area contributed by atoms with E-state index in [-0.39, 0.29) is 10.8 Å². The molecule has 0 unspecified atom stereocenters. The first-order chi connectivity index (χ1) is 24.3. The zero-order chi connectivity index (χ0) is 33.8. The second-order valence-electron chi connectivity index (χ2n) is 14.9. The summed E-state index contributed by atoms with van der Waals surface area (Å²) < 4.78 is 6.61. The fourth-order valence-electron chi connectivity index (χ4n) is 8.98. The van der Waals surface area contributed by atoms with E-state index in [2.05, 4.69) is 178 Å². The van der Waals surface area contributed by atoms with Gasteiger partial charge in [-0.25, -0.2) is 0 Å². The van der Waals surface area contributed by atoms with E-state index < -0.39 is 0 Å². The van der Waals surface area contributed by atoms with Crippen LogP contribution < -0.4 is 4.90 Å². The number of anilines is 3. The Kier molecular flexibility index (Phi) is 6.01. The molecule has 0 saturated heterocycles. The van der Waals surface area contributed by atoms with Gasteiger partial charge in [-0.05, 0) is 80.9 Å². The minimum atomic E-state index is -0.0625. The lowest BCUT2D eigenvalue weighted by molar-refractivity contribution is 0.660. The normalized spacial score (nSPS) is 14.7. The Morgan fingerprint density at radius 2 is 0.880 bits per heavy atom. The summed E-state index contributed by atoms with van der Waals surface area (Å²) in [5.41, 5.74) is 18.0. The average molecular weight is 644 g/mol. The Morgan fingerprint density at radius 3 is 1.52 bits per heavy atom. The van der Waals surface area contributed by atoms with Crippen molar-refractivity contribution < 1.29 is 4.42 Å². The number of hydrogen-bond acceptors (Lipinski definition) is 2. The molecule has 7 aromatic carbocycles. The Balaban J connectivity index is 1.24. The van der Waals surface area contributed by atoms with E-state index in [1.165, 1.54) is 44.5 Å². The maximum Gasteiger partial charge on any atom is 0.143 e. The summed E-state index contributed by atoms with van der Waals surface area (Å²) in [4.78, 5) is 2.46. The van der Waals surface area contributed by atoms with Crippen LogP contribution in [-0.2, 0) is 10.8 Å². The van der Waals surface area contributed by atoms with Crippen molar-refractivity contribution in [3.63, 3.8) is 0 Å². The fraction of sp³-hybridized carbons (Fsp3) is 0.125. The summed E-state index contributed by atoms with van der Waals surface area (Å²) in [6, 6.07) is 55.6. The molecule has 0 spiro atoms. The summed E-state index contributed by atoms with van der Waals surface area (Å²) in [5, 5.41) is 2.27. The van der Waals surface area contributed by atoms with Gasteiger partial charge in [0.15, 0.2) is 0 Å². The van der Waals surface area contributed by atoms with Crippen LogP contribution in [0.4, 0.5) is 17.1 Å². The second-order valence-corrected chi connectivity index (χ2v) is 14.9. The first kappa shape index (κ1) is 29.1. The van der Waals surface area contributed by atoms with Crippen LogP contribution in [0.1, 0.15) is 49.9 Å². The second kappa shape index (κ2) is 10.3. The van der Waals surface area contributed by atoms with E-state index in [1.54, 1.807) is 0 Å². The fourth-order valence-corrected chi connectivity index (χ4v) is 8.98. The highest BCUT2D eigenvalue weighted by molar-refractivity contribution is 6.11. The maximum atomic E-state index is 6.61. The molecule has 2 nitrogen and oxygen atoms in total. The van der Waals surface area contributed by atoms with E-state index >= 15 is 0 Å². The molecule has 0 aliphatic heterocycles. The van der Waals surface area contributed by atoms with Crippen molar-refractivity contribution in [1.29, 1.82) is 0 Å². The molecule has 2 aliphatic rings. The molecular weight excluding hydrogens is 607 g/mol. The lowest BCUT2D eigenvalue weighted by atomic mass is 9.82. The highest BCUT2D eigenvalue weighted by Gasteiger charge is 2.37. The number of fused-ring (bicyclic) bond motifs is 9. The number of para-hydroxylation sites is 3. The van der Waals surface area contributed by atoms with Crippen LogP contribution in [0, 0.1) is 0 Å². The van der Waals surface area contributed by atoms with E-state index in [4.69, 9.17) is 4.42 Å². The molecule has 0 N–H and O–H groups in total. The predicted octanol–water partition coefficient (Wildman–Crippen LogP) is 13.3. The SMILES string of the molecule is CC1(C)c2ccccc2-c2cc(N(c3ccc4c(c3)-c3ccccc3C4(C)C)c3ccccc3-c3cccc4c3oc3ccccc34)ccc21. The highest BCUT2D eigenvalue weighted by Crippen LogP contribution is 2.54. The van der Waals surface area contributed by atoms with Crippen LogP contribution in [0.25, 0.3) is 55.3 Å². The van der Waals surface area contributed by atoms with Crippen molar-refractivity contribution in [1.82, 2.24) is 0 Å². The minimum absolute atomic E-state index is 0.0625. The topological polar surface area (TPSA) is 16.4 Å². The van der Waals surface area contributed by atoms with Gasteiger partial charge in [-0.3, -0.25) is 0 Å². The van der Waals surface area contributed by atoms with Gasteiger partial charge in [0, 0.05) is 44.1 Å². The lowest BCUT2D eigenvalue weighted by Crippen LogP contribution is -2.16. The average Bonchev–Trinajstić information content (AvgIpc) is 3.72. The molecule has 1 heterocycles. The Bertz CT molecular complexity index is 2560. The van der Waals surface area contributed by atoms with E-state index in [1.807, 2.05) is 6.07 Å². The van der Waals surface area contributed by atoms with Crippen LogP contribution in [0.5, 0.6) is 0 Å². The first-order valence-corrected chi connectivity index (χ1v) is 17.6. The molecule has 1 aromatic heterocycles. The third kappa shape index (κ3) is 3.96. The van der Waals surface area contributed by atoms with Gasteiger partial charge in [0.25, 0.3) is 0 Å². The van der Waals surface area contributed by atoms with E-state index in [0.29, 0.717) is 0 Å². The Morgan fingerprint density at radius 1 is 0.400 bits per heavy atom. The van der Waals surface area contributed by atoms with Crippen molar-refractivity contribution in [3.05, 3.63) is 174 Å². The molecular formula is C48H37NO. The van der Waals surface area contributed by atoms with Crippen molar-refractivity contribution in [2.75, 3.05) is 4.90 Å². The number of hydrogen-bond donors (Lipinski definition) is 0. The van der Waals surface area contributed by atoms with Crippen LogP contribution >= 0.6 is 0 Å². The molecule has 10 rings (SSSR count). The van der Waals surface area contributed by atoms with Gasteiger partial charge < -0.3 is 9.32 Å². The maximum absolute atomic E-state index is 6.61. The molecule has 240 valence electrons.